The molecule has 1 aromatic heterocycles. The number of pyridine rings is 1. The lowest BCUT2D eigenvalue weighted by molar-refractivity contribution is 0.415. The van der Waals surface area contributed by atoms with Gasteiger partial charge in [0.15, 0.2) is 0 Å². The number of rotatable bonds is 4. The predicted octanol–water partition coefficient (Wildman–Crippen LogP) is 4.46. The van der Waals surface area contributed by atoms with Gasteiger partial charge in [-0.3, -0.25) is 4.98 Å². The zero-order valence-corrected chi connectivity index (χ0v) is 16.9. The molecule has 5 nitrogen and oxygen atoms in total. The minimum absolute atomic E-state index is 0.258. The van der Waals surface area contributed by atoms with Gasteiger partial charge in [0.2, 0.25) is 9.84 Å². The van der Waals surface area contributed by atoms with Gasteiger partial charge in [-0.1, -0.05) is 18.2 Å². The molecule has 146 valence electrons. The van der Waals surface area contributed by atoms with Crippen LogP contribution in [0.4, 0.5) is 5.69 Å². The van der Waals surface area contributed by atoms with Crippen molar-refractivity contribution in [3.8, 4) is 5.75 Å². The third-order valence-corrected chi connectivity index (χ3v) is 7.22. The molecule has 0 radical (unpaired) electrons. The maximum atomic E-state index is 13.5. The predicted molar refractivity (Wildman–Crippen MR) is 111 cm³/mol. The molecule has 0 saturated carbocycles. The molecule has 1 fully saturated rings. The van der Waals surface area contributed by atoms with Crippen molar-refractivity contribution in [1.82, 2.24) is 4.98 Å². The van der Waals surface area contributed by atoms with Gasteiger partial charge in [-0.25, -0.2) is 8.42 Å². The summed E-state index contributed by atoms with van der Waals surface area (Å²) in [7, 11) is -2.08. The number of piperidine rings is 1. The van der Waals surface area contributed by atoms with E-state index in [9.17, 15) is 8.42 Å². The van der Waals surface area contributed by atoms with Crippen molar-refractivity contribution in [3.63, 3.8) is 0 Å². The number of sulfone groups is 1. The summed E-state index contributed by atoms with van der Waals surface area (Å²) < 4.78 is 32.4. The number of hydrogen-bond acceptors (Lipinski definition) is 5. The molecule has 2 aromatic carbocycles. The van der Waals surface area contributed by atoms with E-state index in [0.717, 1.165) is 42.4 Å². The van der Waals surface area contributed by atoms with Crippen LogP contribution in [-0.2, 0) is 9.84 Å². The molecule has 0 aliphatic carbocycles. The number of fused-ring (bicyclic) bond motifs is 1. The normalized spacial score (nSPS) is 17.6. The SMILES string of the molecule is COc1ccc2ncc(S(=O)(=O)c3ccccc3)c(N3CCCC[C@H]3C)c2c1. The molecule has 0 amide bonds. The Morgan fingerprint density at radius 1 is 1.11 bits per heavy atom. The van der Waals surface area contributed by atoms with Crippen LogP contribution in [0.5, 0.6) is 5.75 Å². The van der Waals surface area contributed by atoms with Crippen LogP contribution in [0.3, 0.4) is 0 Å². The lowest BCUT2D eigenvalue weighted by atomic mass is 10.0. The summed E-state index contributed by atoms with van der Waals surface area (Å²) in [5.74, 6) is 0.689. The Morgan fingerprint density at radius 2 is 1.89 bits per heavy atom. The van der Waals surface area contributed by atoms with E-state index in [4.69, 9.17) is 4.74 Å². The van der Waals surface area contributed by atoms with Crippen LogP contribution in [0.1, 0.15) is 26.2 Å². The highest BCUT2D eigenvalue weighted by Gasteiger charge is 2.30. The Labute approximate surface area is 165 Å². The molecule has 1 saturated heterocycles. The van der Waals surface area contributed by atoms with Gasteiger partial charge in [0, 0.05) is 24.2 Å². The summed E-state index contributed by atoms with van der Waals surface area (Å²) in [6.45, 7) is 2.99. The molecule has 4 rings (SSSR count). The fourth-order valence-corrected chi connectivity index (χ4v) is 5.36. The summed E-state index contributed by atoms with van der Waals surface area (Å²) >= 11 is 0. The van der Waals surface area contributed by atoms with E-state index in [1.807, 2.05) is 24.3 Å². The Bertz CT molecular complexity index is 1100. The van der Waals surface area contributed by atoms with Crippen LogP contribution >= 0.6 is 0 Å². The Morgan fingerprint density at radius 3 is 2.61 bits per heavy atom. The van der Waals surface area contributed by atoms with Crippen LogP contribution in [-0.4, -0.2) is 33.1 Å². The molecule has 0 spiro atoms. The molecule has 1 aliphatic heterocycles. The first-order valence-electron chi connectivity index (χ1n) is 9.56. The van der Waals surface area contributed by atoms with Crippen LogP contribution in [0, 0.1) is 0 Å². The van der Waals surface area contributed by atoms with E-state index in [2.05, 4.69) is 16.8 Å². The number of benzene rings is 2. The first-order chi connectivity index (χ1) is 13.5. The number of methoxy groups -OCH3 is 1. The van der Waals surface area contributed by atoms with Gasteiger partial charge in [-0.15, -0.1) is 0 Å². The van der Waals surface area contributed by atoms with Crippen molar-refractivity contribution >= 4 is 26.4 Å². The molecule has 0 bridgehead atoms. The number of ether oxygens (including phenoxy) is 1. The Kier molecular flexibility index (Phi) is 4.98. The molecule has 0 N–H and O–H groups in total. The Balaban J connectivity index is 2.02. The van der Waals surface area contributed by atoms with Crippen LogP contribution < -0.4 is 9.64 Å². The summed E-state index contributed by atoms with van der Waals surface area (Å²) in [6, 6.07) is 14.5. The first-order valence-corrected chi connectivity index (χ1v) is 11.0. The molecule has 6 heteroatoms. The van der Waals surface area contributed by atoms with Crippen molar-refractivity contribution in [1.29, 1.82) is 0 Å². The summed E-state index contributed by atoms with van der Waals surface area (Å²) in [5.41, 5.74) is 1.50. The average Bonchev–Trinajstić information content (AvgIpc) is 2.73. The fourth-order valence-electron chi connectivity index (χ4n) is 3.92. The monoisotopic (exact) mass is 396 g/mol. The largest absolute Gasteiger partial charge is 0.497 e. The highest BCUT2D eigenvalue weighted by atomic mass is 32.2. The number of aromatic nitrogens is 1. The van der Waals surface area contributed by atoms with E-state index in [-0.39, 0.29) is 15.8 Å². The smallest absolute Gasteiger partial charge is 0.210 e. The molecular weight excluding hydrogens is 372 g/mol. The maximum Gasteiger partial charge on any atom is 0.210 e. The van der Waals surface area contributed by atoms with Gasteiger partial charge in [0.05, 0.1) is 23.2 Å². The fraction of sp³-hybridized carbons (Fsp3) is 0.318. The molecule has 2 heterocycles. The van der Waals surface area contributed by atoms with Gasteiger partial charge in [0.1, 0.15) is 10.6 Å². The minimum Gasteiger partial charge on any atom is -0.497 e. The van der Waals surface area contributed by atoms with Crippen molar-refractivity contribution < 1.29 is 13.2 Å². The van der Waals surface area contributed by atoms with E-state index in [1.54, 1.807) is 31.4 Å². The second kappa shape index (κ2) is 7.43. The van der Waals surface area contributed by atoms with Crippen molar-refractivity contribution in [2.24, 2.45) is 0 Å². The number of nitrogens with zero attached hydrogens (tertiary/aromatic N) is 2. The molecule has 3 aromatic rings. The molecule has 1 atom stereocenters. The summed E-state index contributed by atoms with van der Waals surface area (Å²) in [6.07, 6.45) is 4.75. The number of anilines is 1. The van der Waals surface area contributed by atoms with Crippen molar-refractivity contribution in [2.45, 2.75) is 42.0 Å². The van der Waals surface area contributed by atoms with Crippen LogP contribution in [0.25, 0.3) is 10.9 Å². The van der Waals surface area contributed by atoms with Gasteiger partial charge >= 0.3 is 0 Å². The molecule has 1 aliphatic rings. The third-order valence-electron chi connectivity index (χ3n) is 5.45. The minimum atomic E-state index is -3.70. The summed E-state index contributed by atoms with van der Waals surface area (Å²) in [4.78, 5) is 7.23. The zero-order chi connectivity index (χ0) is 19.7. The average molecular weight is 397 g/mol. The van der Waals surface area contributed by atoms with E-state index in [0.29, 0.717) is 5.75 Å². The van der Waals surface area contributed by atoms with Gasteiger partial charge in [0.25, 0.3) is 0 Å². The van der Waals surface area contributed by atoms with E-state index in [1.165, 1.54) is 6.20 Å². The second-order valence-electron chi connectivity index (χ2n) is 7.21. The van der Waals surface area contributed by atoms with Crippen LogP contribution in [0.2, 0.25) is 0 Å². The lowest BCUT2D eigenvalue weighted by Gasteiger charge is -2.37. The second-order valence-corrected chi connectivity index (χ2v) is 9.13. The number of hydrogen-bond donors (Lipinski definition) is 0. The van der Waals surface area contributed by atoms with E-state index < -0.39 is 9.84 Å². The molecule has 28 heavy (non-hydrogen) atoms. The zero-order valence-electron chi connectivity index (χ0n) is 16.1. The molecule has 0 unspecified atom stereocenters. The topological polar surface area (TPSA) is 59.5 Å². The van der Waals surface area contributed by atoms with Gasteiger partial charge in [-0.2, -0.15) is 0 Å². The highest BCUT2D eigenvalue weighted by molar-refractivity contribution is 7.91. The van der Waals surface area contributed by atoms with Crippen molar-refractivity contribution in [3.05, 3.63) is 54.7 Å². The standard InChI is InChI=1S/C22H24N2O3S/c1-16-8-6-7-13-24(16)22-19-14-17(27-2)11-12-20(19)23-15-21(22)28(25,26)18-9-4-3-5-10-18/h3-5,9-12,14-16H,6-8,13H2,1-2H3/t16-/m1/s1. The maximum absolute atomic E-state index is 13.5. The lowest BCUT2D eigenvalue weighted by Crippen LogP contribution is -2.38. The first kappa shape index (κ1) is 18.7. The summed E-state index contributed by atoms with van der Waals surface area (Å²) in [5, 5.41) is 0.810. The third kappa shape index (κ3) is 3.22. The van der Waals surface area contributed by atoms with Crippen molar-refractivity contribution in [2.75, 3.05) is 18.6 Å². The van der Waals surface area contributed by atoms with Crippen LogP contribution in [0.15, 0.2) is 64.5 Å². The van der Waals surface area contributed by atoms with Gasteiger partial charge in [-0.05, 0) is 56.5 Å². The van der Waals surface area contributed by atoms with Gasteiger partial charge < -0.3 is 9.64 Å². The quantitative estimate of drug-likeness (QED) is 0.652. The molecular formula is C22H24N2O3S. The Hall–Kier alpha value is -2.60. The van der Waals surface area contributed by atoms with E-state index >= 15 is 0 Å². The highest BCUT2D eigenvalue weighted by Crippen LogP contribution is 2.39.